The van der Waals surface area contributed by atoms with E-state index >= 15 is 0 Å². The third kappa shape index (κ3) is 1.52. The molecule has 0 unspecified atom stereocenters. The van der Waals surface area contributed by atoms with E-state index < -0.39 is 0 Å². The summed E-state index contributed by atoms with van der Waals surface area (Å²) in [5.41, 5.74) is 0.934. The maximum atomic E-state index is 11.8. The number of ketones is 2. The topological polar surface area (TPSA) is 43.4 Å². The van der Waals surface area contributed by atoms with E-state index in [0.29, 0.717) is 11.1 Å². The monoisotopic (exact) mass is 238 g/mol. The van der Waals surface area contributed by atoms with Gasteiger partial charge in [-0.15, -0.1) is 0 Å². The van der Waals surface area contributed by atoms with Crippen molar-refractivity contribution in [2.45, 2.75) is 0 Å². The van der Waals surface area contributed by atoms with Crippen molar-refractivity contribution in [1.82, 2.24) is 0 Å². The van der Waals surface area contributed by atoms with Crippen LogP contribution in [0, 0.1) is 0 Å². The van der Waals surface area contributed by atoms with Crippen molar-refractivity contribution in [2.75, 3.05) is 7.11 Å². The molecule has 0 atom stereocenters. The van der Waals surface area contributed by atoms with Gasteiger partial charge in [0.05, 0.1) is 7.11 Å². The zero-order valence-corrected chi connectivity index (χ0v) is 9.77. The Morgan fingerprint density at radius 2 is 1.44 bits per heavy atom. The van der Waals surface area contributed by atoms with Gasteiger partial charge >= 0.3 is 0 Å². The summed E-state index contributed by atoms with van der Waals surface area (Å²) >= 11 is 0. The highest BCUT2D eigenvalue weighted by Gasteiger charge is 2.19. The molecule has 0 radical (unpaired) electrons. The van der Waals surface area contributed by atoms with Crippen molar-refractivity contribution in [1.29, 1.82) is 0 Å². The average molecular weight is 238 g/mol. The van der Waals surface area contributed by atoms with Crippen molar-refractivity contribution in [3.63, 3.8) is 0 Å². The van der Waals surface area contributed by atoms with E-state index in [1.54, 1.807) is 19.2 Å². The first kappa shape index (κ1) is 10.7. The van der Waals surface area contributed by atoms with Crippen LogP contribution in [-0.2, 0) is 0 Å². The predicted molar refractivity (Wildman–Crippen MR) is 68.3 cm³/mol. The van der Waals surface area contributed by atoms with Gasteiger partial charge < -0.3 is 4.74 Å². The fourth-order valence-corrected chi connectivity index (χ4v) is 2.14. The molecular formula is C15H10O3. The number of ether oxygens (including phenoxy) is 1. The lowest BCUT2D eigenvalue weighted by molar-refractivity contribution is 0.0994. The Kier molecular flexibility index (Phi) is 2.27. The number of hydrogen-bond acceptors (Lipinski definition) is 3. The van der Waals surface area contributed by atoms with Crippen molar-refractivity contribution in [2.24, 2.45) is 0 Å². The summed E-state index contributed by atoms with van der Waals surface area (Å²) in [5.74, 6) is 0.476. The molecule has 1 aliphatic rings. The summed E-state index contributed by atoms with van der Waals surface area (Å²) < 4.78 is 5.15. The van der Waals surface area contributed by atoms with E-state index in [1.165, 1.54) is 12.2 Å². The average Bonchev–Trinajstić information content (AvgIpc) is 2.41. The highest BCUT2D eigenvalue weighted by Crippen LogP contribution is 2.27. The Morgan fingerprint density at radius 3 is 2.06 bits per heavy atom. The van der Waals surface area contributed by atoms with E-state index in [9.17, 15) is 9.59 Å². The van der Waals surface area contributed by atoms with E-state index in [4.69, 9.17) is 4.74 Å². The Hall–Kier alpha value is -2.42. The van der Waals surface area contributed by atoms with Crippen LogP contribution in [0.4, 0.5) is 0 Å². The molecule has 0 bridgehead atoms. The van der Waals surface area contributed by atoms with Crippen LogP contribution < -0.4 is 4.74 Å². The van der Waals surface area contributed by atoms with Crippen LogP contribution in [0.3, 0.4) is 0 Å². The maximum Gasteiger partial charge on any atom is 0.186 e. The molecule has 18 heavy (non-hydrogen) atoms. The van der Waals surface area contributed by atoms with Crippen molar-refractivity contribution < 1.29 is 14.3 Å². The third-order valence-electron chi connectivity index (χ3n) is 3.10. The third-order valence-corrected chi connectivity index (χ3v) is 3.10. The summed E-state index contributed by atoms with van der Waals surface area (Å²) in [5, 5.41) is 1.82. The number of benzene rings is 2. The van der Waals surface area contributed by atoms with Crippen LogP contribution in [0.2, 0.25) is 0 Å². The van der Waals surface area contributed by atoms with Gasteiger partial charge in [0.25, 0.3) is 0 Å². The first-order valence-electron chi connectivity index (χ1n) is 5.57. The molecule has 3 rings (SSSR count). The van der Waals surface area contributed by atoms with Crippen molar-refractivity contribution in [3.05, 3.63) is 53.6 Å². The minimum absolute atomic E-state index is 0.123. The molecule has 3 nitrogen and oxygen atoms in total. The van der Waals surface area contributed by atoms with Gasteiger partial charge in [-0.1, -0.05) is 6.07 Å². The Labute approximate surface area is 104 Å². The summed E-state index contributed by atoms with van der Waals surface area (Å²) in [6.45, 7) is 0. The van der Waals surface area contributed by atoms with Crippen LogP contribution in [0.1, 0.15) is 20.7 Å². The SMILES string of the molecule is COc1ccc2cc3c(cc2c1)C(=O)C=CC3=O. The highest BCUT2D eigenvalue weighted by molar-refractivity contribution is 6.23. The van der Waals surface area contributed by atoms with Gasteiger partial charge in [-0.3, -0.25) is 9.59 Å². The summed E-state index contributed by atoms with van der Waals surface area (Å²) in [4.78, 5) is 23.5. The smallest absolute Gasteiger partial charge is 0.186 e. The highest BCUT2D eigenvalue weighted by atomic mass is 16.5. The van der Waals surface area contributed by atoms with Gasteiger partial charge in [0.2, 0.25) is 0 Å². The number of carbonyl (C=O) groups is 2. The molecule has 0 spiro atoms. The molecule has 88 valence electrons. The fourth-order valence-electron chi connectivity index (χ4n) is 2.14. The lowest BCUT2D eigenvalue weighted by atomic mass is 9.92. The Balaban J connectivity index is 2.31. The summed E-state index contributed by atoms with van der Waals surface area (Å²) in [6, 6.07) is 9.07. The normalized spacial score (nSPS) is 13.8. The van der Waals surface area contributed by atoms with Gasteiger partial charge in [0.15, 0.2) is 11.6 Å². The molecular weight excluding hydrogens is 228 g/mol. The lowest BCUT2D eigenvalue weighted by Gasteiger charge is -2.11. The molecule has 0 aliphatic heterocycles. The van der Waals surface area contributed by atoms with E-state index in [-0.39, 0.29) is 11.6 Å². The zero-order valence-electron chi connectivity index (χ0n) is 9.77. The summed E-state index contributed by atoms with van der Waals surface area (Å²) in [7, 11) is 1.59. The molecule has 0 saturated carbocycles. The van der Waals surface area contributed by atoms with Crippen LogP contribution in [0.15, 0.2) is 42.5 Å². The molecule has 0 saturated heterocycles. The van der Waals surface area contributed by atoms with Gasteiger partial charge in [-0.05, 0) is 47.2 Å². The van der Waals surface area contributed by atoms with Crippen molar-refractivity contribution in [3.8, 4) is 5.75 Å². The zero-order chi connectivity index (χ0) is 12.7. The van der Waals surface area contributed by atoms with Crippen LogP contribution in [0.25, 0.3) is 10.8 Å². The van der Waals surface area contributed by atoms with E-state index in [0.717, 1.165) is 16.5 Å². The molecule has 1 aliphatic carbocycles. The quantitative estimate of drug-likeness (QED) is 0.767. The Bertz CT molecular complexity index is 711. The molecule has 0 amide bonds. The van der Waals surface area contributed by atoms with Crippen LogP contribution in [0.5, 0.6) is 5.75 Å². The largest absolute Gasteiger partial charge is 0.497 e. The van der Waals surface area contributed by atoms with Gasteiger partial charge in [-0.25, -0.2) is 0 Å². The minimum atomic E-state index is -0.130. The maximum absolute atomic E-state index is 11.8. The summed E-state index contributed by atoms with van der Waals surface area (Å²) in [6.07, 6.45) is 2.64. The first-order valence-corrected chi connectivity index (χ1v) is 5.57. The second-order valence-electron chi connectivity index (χ2n) is 4.17. The van der Waals surface area contributed by atoms with Crippen LogP contribution >= 0.6 is 0 Å². The number of rotatable bonds is 1. The molecule has 0 aromatic heterocycles. The van der Waals surface area contributed by atoms with Gasteiger partial charge in [0, 0.05) is 11.1 Å². The minimum Gasteiger partial charge on any atom is -0.497 e. The second kappa shape index (κ2) is 3.81. The van der Waals surface area contributed by atoms with Gasteiger partial charge in [-0.2, -0.15) is 0 Å². The number of allylic oxidation sites excluding steroid dienone is 2. The fraction of sp³-hybridized carbons (Fsp3) is 0.0667. The molecule has 0 fully saturated rings. The van der Waals surface area contributed by atoms with Crippen molar-refractivity contribution >= 4 is 22.3 Å². The number of methoxy groups -OCH3 is 1. The van der Waals surface area contributed by atoms with Gasteiger partial charge in [0.1, 0.15) is 5.75 Å². The van der Waals surface area contributed by atoms with E-state index in [2.05, 4.69) is 0 Å². The number of carbonyl (C=O) groups excluding carboxylic acids is 2. The van der Waals surface area contributed by atoms with E-state index in [1.807, 2.05) is 18.2 Å². The first-order chi connectivity index (χ1) is 8.69. The number of fused-ring (bicyclic) bond motifs is 2. The molecule has 2 aromatic rings. The molecule has 0 N–H and O–H groups in total. The molecule has 2 aromatic carbocycles. The number of hydrogen-bond donors (Lipinski definition) is 0. The Morgan fingerprint density at radius 1 is 0.833 bits per heavy atom. The second-order valence-corrected chi connectivity index (χ2v) is 4.17. The molecule has 0 heterocycles. The molecule has 3 heteroatoms. The lowest BCUT2D eigenvalue weighted by Crippen LogP contribution is -2.11. The standard InChI is InChI=1S/C15H10O3/c1-18-11-3-2-9-7-12-13(8-10(9)6-11)15(17)5-4-14(12)16/h2-8H,1H3. The van der Waals surface area contributed by atoms with Crippen LogP contribution in [-0.4, -0.2) is 18.7 Å². The predicted octanol–water partition coefficient (Wildman–Crippen LogP) is 2.78.